The molecule has 11 heteroatoms. The Bertz CT molecular complexity index is 1470. The second-order valence-electron chi connectivity index (χ2n) is 10.6. The van der Waals surface area contributed by atoms with Gasteiger partial charge in [-0.2, -0.15) is 22.6 Å². The smallest absolute Gasteiger partial charge is 0.319 e. The third-order valence-electron chi connectivity index (χ3n) is 7.63. The van der Waals surface area contributed by atoms with Gasteiger partial charge in [-0.25, -0.2) is 9.37 Å². The van der Waals surface area contributed by atoms with Crippen molar-refractivity contribution in [3.63, 3.8) is 0 Å². The number of hydrogen-bond donors (Lipinski definition) is 3. The molecule has 8 nitrogen and oxygen atoms in total. The number of para-hydroxylation sites is 1. The number of pyridine rings is 1. The van der Waals surface area contributed by atoms with Crippen molar-refractivity contribution in [1.82, 2.24) is 25.3 Å². The molecule has 0 saturated carbocycles. The summed E-state index contributed by atoms with van der Waals surface area (Å²) >= 11 is 5.94. The third-order valence-corrected chi connectivity index (χ3v) is 8.65. The molecule has 3 aromatic heterocycles. The van der Waals surface area contributed by atoms with Crippen LogP contribution in [0.4, 0.5) is 10.2 Å². The van der Waals surface area contributed by atoms with E-state index in [1.807, 2.05) is 30.0 Å². The van der Waals surface area contributed by atoms with Crippen molar-refractivity contribution in [1.29, 1.82) is 0 Å². The summed E-state index contributed by atoms with van der Waals surface area (Å²) in [6.45, 7) is 4.18. The number of halogens is 1. The number of thiol groups is 1. The average molecular weight is 555 g/mol. The minimum atomic E-state index is -0.868. The van der Waals surface area contributed by atoms with Gasteiger partial charge < -0.3 is 20.1 Å². The molecule has 2 fully saturated rings. The fourth-order valence-electron chi connectivity index (χ4n) is 5.69. The molecular weight excluding hydrogens is 523 g/mol. The Balaban J connectivity index is 1.46. The fourth-order valence-corrected chi connectivity index (χ4v) is 6.82. The van der Waals surface area contributed by atoms with Crippen molar-refractivity contribution in [2.45, 2.75) is 50.2 Å². The molecule has 2 N–H and O–H groups in total. The molecule has 0 bridgehead atoms. The Hall–Kier alpha value is -2.60. The summed E-state index contributed by atoms with van der Waals surface area (Å²) in [6, 6.07) is 5.79. The van der Waals surface area contributed by atoms with E-state index in [2.05, 4.69) is 32.9 Å². The van der Waals surface area contributed by atoms with Crippen molar-refractivity contribution >= 4 is 50.9 Å². The molecule has 6 rings (SSSR count). The summed E-state index contributed by atoms with van der Waals surface area (Å²) < 4.78 is 23.4. The molecule has 0 amide bonds. The SMILES string of the molecule is CC1(O)CCCN(c2nc(OCC3(CCS)CCCN3)nc3c(F)c(-c4cccc5scnc45)ncc23)C1. The molecule has 2 unspecified atom stereocenters. The number of piperidine rings is 1. The van der Waals surface area contributed by atoms with E-state index in [0.717, 1.165) is 42.7 Å². The van der Waals surface area contributed by atoms with Crippen LogP contribution in [0.2, 0.25) is 0 Å². The van der Waals surface area contributed by atoms with Gasteiger partial charge in [0.15, 0.2) is 5.82 Å². The topological polar surface area (TPSA) is 96.3 Å². The van der Waals surface area contributed by atoms with Crippen molar-refractivity contribution in [2.24, 2.45) is 0 Å². The second kappa shape index (κ2) is 10.2. The Morgan fingerprint density at radius 2 is 2.11 bits per heavy atom. The minimum absolute atomic E-state index is 0.118. The number of fused-ring (bicyclic) bond motifs is 2. The van der Waals surface area contributed by atoms with Gasteiger partial charge in [0.05, 0.1) is 32.3 Å². The van der Waals surface area contributed by atoms with Crippen molar-refractivity contribution in [3.8, 4) is 17.3 Å². The van der Waals surface area contributed by atoms with Gasteiger partial charge in [0.1, 0.15) is 23.6 Å². The van der Waals surface area contributed by atoms with Gasteiger partial charge in [0.2, 0.25) is 0 Å². The Morgan fingerprint density at radius 3 is 2.89 bits per heavy atom. The Kier molecular flexibility index (Phi) is 6.88. The summed E-state index contributed by atoms with van der Waals surface area (Å²) in [5.74, 6) is 0.719. The van der Waals surface area contributed by atoms with Crippen LogP contribution in [0.1, 0.15) is 39.0 Å². The predicted molar refractivity (Wildman–Crippen MR) is 152 cm³/mol. The molecule has 0 aliphatic carbocycles. The summed E-state index contributed by atoms with van der Waals surface area (Å²) in [7, 11) is 0. The van der Waals surface area contributed by atoms with Gasteiger partial charge in [-0.05, 0) is 57.4 Å². The van der Waals surface area contributed by atoms with Crippen LogP contribution in [0.25, 0.3) is 32.4 Å². The highest BCUT2D eigenvalue weighted by molar-refractivity contribution is 7.80. The summed E-state index contributed by atoms with van der Waals surface area (Å²) in [5.41, 5.74) is 2.36. The molecule has 0 radical (unpaired) electrons. The number of thiazole rings is 1. The zero-order valence-corrected chi connectivity index (χ0v) is 23.0. The van der Waals surface area contributed by atoms with Crippen LogP contribution in [0.15, 0.2) is 29.9 Å². The number of hydrogen-bond acceptors (Lipinski definition) is 10. The van der Waals surface area contributed by atoms with Crippen LogP contribution in [0.5, 0.6) is 6.01 Å². The number of aromatic nitrogens is 4. The van der Waals surface area contributed by atoms with Gasteiger partial charge in [0, 0.05) is 24.8 Å². The highest BCUT2D eigenvalue weighted by Crippen LogP contribution is 2.36. The van der Waals surface area contributed by atoms with E-state index in [9.17, 15) is 5.11 Å². The highest BCUT2D eigenvalue weighted by Gasteiger charge is 2.35. The average Bonchev–Trinajstić information content (AvgIpc) is 3.57. The van der Waals surface area contributed by atoms with E-state index in [0.29, 0.717) is 48.4 Å². The van der Waals surface area contributed by atoms with Gasteiger partial charge in [0.25, 0.3) is 0 Å². The molecule has 2 atom stereocenters. The first kappa shape index (κ1) is 25.7. The van der Waals surface area contributed by atoms with E-state index in [1.54, 1.807) is 11.7 Å². The number of aliphatic hydroxyl groups is 1. The number of nitrogens with one attached hydrogen (secondary N) is 1. The lowest BCUT2D eigenvalue weighted by atomic mass is 9.95. The van der Waals surface area contributed by atoms with Crippen LogP contribution in [0, 0.1) is 5.82 Å². The predicted octanol–water partition coefficient (Wildman–Crippen LogP) is 4.61. The van der Waals surface area contributed by atoms with Crippen LogP contribution in [0.3, 0.4) is 0 Å². The molecule has 38 heavy (non-hydrogen) atoms. The maximum absolute atomic E-state index is 16.3. The minimum Gasteiger partial charge on any atom is -0.461 e. The van der Waals surface area contributed by atoms with Crippen molar-refractivity contribution < 1.29 is 14.2 Å². The quantitative estimate of drug-likeness (QED) is 0.285. The first-order valence-corrected chi connectivity index (χ1v) is 14.5. The first-order valence-electron chi connectivity index (χ1n) is 13.0. The molecule has 1 aromatic carbocycles. The van der Waals surface area contributed by atoms with Gasteiger partial charge >= 0.3 is 6.01 Å². The molecule has 5 heterocycles. The molecule has 2 aliphatic rings. The van der Waals surface area contributed by atoms with E-state index in [4.69, 9.17) is 9.72 Å². The standard InChI is InChI=1S/C27H31FN6O2S2/c1-26(35)7-4-11-34(14-26)24-18-13-29-22(17-5-2-6-19-21(17)30-16-38-19)20(28)23(18)32-25(33-24)36-15-27(9-12-37)8-3-10-31-27/h2,5-6,13,16,31,35,37H,3-4,7-12,14-15H2,1H3. The lowest BCUT2D eigenvalue weighted by molar-refractivity contribution is 0.0447. The van der Waals surface area contributed by atoms with Crippen LogP contribution in [-0.4, -0.2) is 68.2 Å². The number of ether oxygens (including phenoxy) is 1. The Labute approximate surface area is 230 Å². The number of benzene rings is 1. The van der Waals surface area contributed by atoms with Crippen molar-refractivity contribution in [2.75, 3.05) is 36.9 Å². The van der Waals surface area contributed by atoms with Crippen molar-refractivity contribution in [3.05, 3.63) is 35.7 Å². The van der Waals surface area contributed by atoms with Gasteiger partial charge in [-0.1, -0.05) is 12.1 Å². The lowest BCUT2D eigenvalue weighted by Gasteiger charge is -2.38. The van der Waals surface area contributed by atoms with Crippen LogP contribution < -0.4 is 15.0 Å². The van der Waals surface area contributed by atoms with E-state index >= 15 is 4.39 Å². The number of rotatable bonds is 7. The molecule has 2 saturated heterocycles. The molecule has 200 valence electrons. The number of nitrogens with zero attached hydrogens (tertiary/aromatic N) is 5. The fraction of sp³-hybridized carbons (Fsp3) is 0.481. The first-order chi connectivity index (χ1) is 18.4. The van der Waals surface area contributed by atoms with Crippen LogP contribution in [-0.2, 0) is 0 Å². The van der Waals surface area contributed by atoms with E-state index < -0.39 is 11.4 Å². The van der Waals surface area contributed by atoms with E-state index in [-0.39, 0.29) is 22.8 Å². The molecular formula is C27H31FN6O2S2. The molecule has 2 aliphatic heterocycles. The number of anilines is 1. The van der Waals surface area contributed by atoms with Gasteiger partial charge in [-0.15, -0.1) is 11.3 Å². The monoisotopic (exact) mass is 554 g/mol. The van der Waals surface area contributed by atoms with Crippen LogP contribution >= 0.6 is 24.0 Å². The zero-order valence-electron chi connectivity index (χ0n) is 21.3. The third kappa shape index (κ3) is 4.81. The maximum Gasteiger partial charge on any atom is 0.319 e. The number of β-amino-alcohol motifs (C(OH)–C–C–N with tert-alkyl or cyclic N) is 1. The lowest BCUT2D eigenvalue weighted by Crippen LogP contribution is -2.47. The highest BCUT2D eigenvalue weighted by atomic mass is 32.1. The second-order valence-corrected chi connectivity index (χ2v) is 11.9. The molecule has 0 spiro atoms. The maximum atomic E-state index is 16.3. The normalized spacial score (nSPS) is 23.9. The van der Waals surface area contributed by atoms with Gasteiger partial charge in [-0.3, -0.25) is 4.98 Å². The summed E-state index contributed by atoms with van der Waals surface area (Å²) in [4.78, 5) is 20.3. The van der Waals surface area contributed by atoms with E-state index in [1.165, 1.54) is 11.3 Å². The molecule has 4 aromatic rings. The Morgan fingerprint density at radius 1 is 1.21 bits per heavy atom. The zero-order chi connectivity index (χ0) is 26.3. The summed E-state index contributed by atoms with van der Waals surface area (Å²) in [6.07, 6.45) is 6.01. The largest absolute Gasteiger partial charge is 0.461 e. The summed E-state index contributed by atoms with van der Waals surface area (Å²) in [5, 5.41) is 14.8.